The summed E-state index contributed by atoms with van der Waals surface area (Å²) >= 11 is 6.72. The number of halogens is 1. The van der Waals surface area contributed by atoms with Crippen LogP contribution in [0.25, 0.3) is 10.2 Å². The Kier molecular flexibility index (Phi) is 4.05. The van der Waals surface area contributed by atoms with E-state index < -0.39 is 0 Å². The molecule has 0 bridgehead atoms. The number of aromatic nitrogens is 3. The van der Waals surface area contributed by atoms with Gasteiger partial charge >= 0.3 is 0 Å². The first-order chi connectivity index (χ1) is 9.61. The van der Waals surface area contributed by atoms with Gasteiger partial charge in [0.1, 0.15) is 15.5 Å². The summed E-state index contributed by atoms with van der Waals surface area (Å²) in [6.07, 6.45) is 0. The lowest BCUT2D eigenvalue weighted by Gasteiger charge is -2.05. The molecule has 0 radical (unpaired) electrons. The van der Waals surface area contributed by atoms with Gasteiger partial charge in [-0.15, -0.1) is 11.3 Å². The van der Waals surface area contributed by atoms with Crippen molar-refractivity contribution < 1.29 is 0 Å². The molecule has 0 aliphatic heterocycles. The molecule has 0 unspecified atom stereocenters. The van der Waals surface area contributed by atoms with Gasteiger partial charge in [-0.3, -0.25) is 0 Å². The molecule has 2 heterocycles. The summed E-state index contributed by atoms with van der Waals surface area (Å²) in [4.78, 5) is 13.6. The minimum atomic E-state index is 0.308. The molecule has 6 heteroatoms. The van der Waals surface area contributed by atoms with E-state index >= 15 is 0 Å². The average molecular weight is 366 g/mol. The Morgan fingerprint density at radius 3 is 2.70 bits per heavy atom. The second-order valence-corrected chi connectivity index (χ2v) is 7.70. The fourth-order valence-electron chi connectivity index (χ4n) is 1.71. The number of benzene rings is 1. The standard InChI is InChI=1S/C14H12BrN3S2/c1-8(2)13-17-11(15)7-12(18-13)20-14-16-9-5-3-4-6-10(9)19-14/h3-8H,1-2H3. The molecule has 0 amide bonds. The third-order valence-electron chi connectivity index (χ3n) is 2.67. The zero-order valence-electron chi connectivity index (χ0n) is 11.0. The molecule has 0 spiro atoms. The maximum atomic E-state index is 4.62. The molecule has 3 rings (SSSR count). The summed E-state index contributed by atoms with van der Waals surface area (Å²) in [5.74, 6) is 1.16. The van der Waals surface area contributed by atoms with Gasteiger partial charge in [0.15, 0.2) is 4.34 Å². The molecule has 0 saturated carbocycles. The van der Waals surface area contributed by atoms with Crippen molar-refractivity contribution in [2.24, 2.45) is 0 Å². The van der Waals surface area contributed by atoms with Crippen molar-refractivity contribution in [3.63, 3.8) is 0 Å². The number of hydrogen-bond donors (Lipinski definition) is 0. The molecule has 1 aromatic carbocycles. The van der Waals surface area contributed by atoms with E-state index in [0.29, 0.717) is 5.92 Å². The van der Waals surface area contributed by atoms with Crippen LogP contribution in [0.2, 0.25) is 0 Å². The molecule has 0 atom stereocenters. The van der Waals surface area contributed by atoms with Crippen molar-refractivity contribution in [1.29, 1.82) is 0 Å². The zero-order chi connectivity index (χ0) is 14.1. The fraction of sp³-hybridized carbons (Fsp3) is 0.214. The van der Waals surface area contributed by atoms with Crippen molar-refractivity contribution >= 4 is 49.2 Å². The number of thiazole rings is 1. The van der Waals surface area contributed by atoms with Gasteiger partial charge in [0.25, 0.3) is 0 Å². The lowest BCUT2D eigenvalue weighted by Crippen LogP contribution is -1.98. The summed E-state index contributed by atoms with van der Waals surface area (Å²) in [5.41, 5.74) is 1.04. The average Bonchev–Trinajstić information content (AvgIpc) is 2.79. The van der Waals surface area contributed by atoms with Crippen LogP contribution < -0.4 is 0 Å². The van der Waals surface area contributed by atoms with E-state index in [1.54, 1.807) is 23.1 Å². The third kappa shape index (κ3) is 3.02. The summed E-state index contributed by atoms with van der Waals surface area (Å²) in [6, 6.07) is 10.1. The molecule has 20 heavy (non-hydrogen) atoms. The molecular formula is C14H12BrN3S2. The number of hydrogen-bond acceptors (Lipinski definition) is 5. The van der Waals surface area contributed by atoms with Gasteiger partial charge in [-0.25, -0.2) is 15.0 Å². The van der Waals surface area contributed by atoms with Crippen LogP contribution in [-0.4, -0.2) is 15.0 Å². The van der Waals surface area contributed by atoms with Crippen LogP contribution in [0.5, 0.6) is 0 Å². The Balaban J connectivity index is 1.94. The SMILES string of the molecule is CC(C)c1nc(Br)cc(Sc2nc3ccccc3s2)n1. The topological polar surface area (TPSA) is 38.7 Å². The van der Waals surface area contributed by atoms with Crippen LogP contribution in [0.15, 0.2) is 44.3 Å². The molecular weight excluding hydrogens is 354 g/mol. The molecule has 0 N–H and O–H groups in total. The van der Waals surface area contributed by atoms with Crippen LogP contribution in [0.3, 0.4) is 0 Å². The quantitative estimate of drug-likeness (QED) is 0.603. The van der Waals surface area contributed by atoms with Crippen molar-refractivity contribution in [2.45, 2.75) is 29.1 Å². The molecule has 3 nitrogen and oxygen atoms in total. The third-order valence-corrected chi connectivity index (χ3v) is 5.09. The smallest absolute Gasteiger partial charge is 0.157 e. The normalized spacial score (nSPS) is 11.4. The fourth-order valence-corrected chi connectivity index (χ4v) is 4.28. The molecule has 0 aliphatic rings. The zero-order valence-corrected chi connectivity index (χ0v) is 14.2. The largest absolute Gasteiger partial charge is 0.229 e. The van der Waals surface area contributed by atoms with Crippen LogP contribution in [0, 0.1) is 0 Å². The summed E-state index contributed by atoms with van der Waals surface area (Å²) < 4.78 is 3.03. The predicted octanol–water partition coefficient (Wildman–Crippen LogP) is 5.12. The van der Waals surface area contributed by atoms with Gasteiger partial charge in [0.2, 0.25) is 0 Å². The minimum absolute atomic E-state index is 0.308. The van der Waals surface area contributed by atoms with Crippen molar-refractivity contribution in [1.82, 2.24) is 15.0 Å². The van der Waals surface area contributed by atoms with E-state index in [-0.39, 0.29) is 0 Å². The second-order valence-electron chi connectivity index (χ2n) is 4.59. The van der Waals surface area contributed by atoms with E-state index in [1.165, 1.54) is 4.70 Å². The Bertz CT molecular complexity index is 722. The van der Waals surface area contributed by atoms with E-state index in [9.17, 15) is 0 Å². The van der Waals surface area contributed by atoms with Crippen LogP contribution in [-0.2, 0) is 0 Å². The second kappa shape index (κ2) is 5.79. The van der Waals surface area contributed by atoms with Crippen LogP contribution in [0.1, 0.15) is 25.6 Å². The highest BCUT2D eigenvalue weighted by atomic mass is 79.9. The molecule has 0 aliphatic carbocycles. The van der Waals surface area contributed by atoms with Gasteiger partial charge < -0.3 is 0 Å². The van der Waals surface area contributed by atoms with E-state index in [0.717, 1.165) is 25.3 Å². The molecule has 0 fully saturated rings. The number of fused-ring (bicyclic) bond motifs is 1. The van der Waals surface area contributed by atoms with Crippen LogP contribution >= 0.6 is 39.0 Å². The van der Waals surface area contributed by atoms with Crippen LogP contribution in [0.4, 0.5) is 0 Å². The van der Waals surface area contributed by atoms with Crippen molar-refractivity contribution in [2.75, 3.05) is 0 Å². The van der Waals surface area contributed by atoms with Gasteiger partial charge in [-0.2, -0.15) is 0 Å². The van der Waals surface area contributed by atoms with Crippen molar-refractivity contribution in [3.05, 3.63) is 40.8 Å². The van der Waals surface area contributed by atoms with E-state index in [4.69, 9.17) is 0 Å². The number of nitrogens with zero attached hydrogens (tertiary/aromatic N) is 3. The summed E-state index contributed by atoms with van der Waals surface area (Å²) in [7, 11) is 0. The lowest BCUT2D eigenvalue weighted by molar-refractivity contribution is 0.747. The molecule has 2 aromatic heterocycles. The Labute approximate surface area is 134 Å². The minimum Gasteiger partial charge on any atom is -0.229 e. The monoisotopic (exact) mass is 365 g/mol. The molecule has 3 aromatic rings. The van der Waals surface area contributed by atoms with Crippen molar-refractivity contribution in [3.8, 4) is 0 Å². The highest BCUT2D eigenvalue weighted by Gasteiger charge is 2.10. The predicted molar refractivity (Wildman–Crippen MR) is 87.6 cm³/mol. The maximum absolute atomic E-state index is 4.62. The Morgan fingerprint density at radius 2 is 1.95 bits per heavy atom. The first-order valence-corrected chi connectivity index (χ1v) is 8.62. The number of rotatable bonds is 3. The summed E-state index contributed by atoms with van der Waals surface area (Å²) in [5, 5.41) is 0.926. The van der Waals surface area contributed by atoms with E-state index in [2.05, 4.69) is 50.8 Å². The lowest BCUT2D eigenvalue weighted by atomic mass is 10.2. The van der Waals surface area contributed by atoms with E-state index in [1.807, 2.05) is 24.3 Å². The first-order valence-electron chi connectivity index (χ1n) is 6.20. The van der Waals surface area contributed by atoms with Gasteiger partial charge in [0.05, 0.1) is 10.2 Å². The Hall–Kier alpha value is -0.980. The highest BCUT2D eigenvalue weighted by molar-refractivity contribution is 9.10. The number of para-hydroxylation sites is 1. The Morgan fingerprint density at radius 1 is 1.15 bits per heavy atom. The molecule has 102 valence electrons. The maximum Gasteiger partial charge on any atom is 0.157 e. The highest BCUT2D eigenvalue weighted by Crippen LogP contribution is 2.34. The van der Waals surface area contributed by atoms with Gasteiger partial charge in [-0.1, -0.05) is 26.0 Å². The molecule has 0 saturated heterocycles. The van der Waals surface area contributed by atoms with Gasteiger partial charge in [-0.05, 0) is 39.8 Å². The summed E-state index contributed by atoms with van der Waals surface area (Å²) in [6.45, 7) is 4.18. The first kappa shape index (κ1) is 14.0. The van der Waals surface area contributed by atoms with Gasteiger partial charge in [0, 0.05) is 12.0 Å².